The third-order valence-electron chi connectivity index (χ3n) is 12.9. The number of Topliss-reactive ketones (excluding diaryl/α,β-unsaturated/α-hetero) is 2. The van der Waals surface area contributed by atoms with E-state index in [-0.39, 0.29) is 54.8 Å². The number of ether oxygens (including phenoxy) is 3. The van der Waals surface area contributed by atoms with Crippen LogP contribution < -0.4 is 47.8 Å². The maximum absolute atomic E-state index is 13.6. The summed E-state index contributed by atoms with van der Waals surface area (Å²) in [4.78, 5) is 69.2. The summed E-state index contributed by atoms with van der Waals surface area (Å²) < 4.78 is 46.8. The first-order valence-electron chi connectivity index (χ1n) is 23.1. The van der Waals surface area contributed by atoms with Crippen molar-refractivity contribution in [3.63, 3.8) is 0 Å². The fourth-order valence-electron chi connectivity index (χ4n) is 9.01. The van der Waals surface area contributed by atoms with E-state index in [2.05, 4.69) is 56.1 Å². The van der Waals surface area contributed by atoms with Crippen LogP contribution in [0.25, 0.3) is 0 Å². The van der Waals surface area contributed by atoms with Crippen LogP contribution in [0.1, 0.15) is 131 Å². The molecule has 1 aromatic heterocycles. The molecule has 0 saturated heterocycles. The quantitative estimate of drug-likeness (QED) is 0.0265. The van der Waals surface area contributed by atoms with Crippen molar-refractivity contribution in [2.45, 2.75) is 143 Å². The van der Waals surface area contributed by atoms with Crippen LogP contribution in [0.4, 0.5) is 11.6 Å². The molecule has 0 fully saturated rings. The fourth-order valence-corrected chi connectivity index (χ4v) is 10.5. The van der Waals surface area contributed by atoms with E-state index in [1.54, 1.807) is 13.8 Å². The van der Waals surface area contributed by atoms with E-state index in [9.17, 15) is 32.7 Å². The lowest BCUT2D eigenvalue weighted by molar-refractivity contribution is -0.145. The standard InChI is InChI=1S/C48H69N11O10S/c1-23-24(2)38-30(19-47(7,8)68-38)27(5)32(23)21-55-45(51)53-17-13-15-33(35(62)22-60)56-43(63)37-42(50)57-36(41(49)58-37)34(61)18-29(44(64)67-11)14-12-16-54-46(52)59-70(65,66)40-26(4)25(3)39-31(28(40)6)20-48(9,10)69-39/h29,33,60H,12-22H2,1-11H3,(H2,49,58)(H2,50,57)(H,56,63)(H3,51,53,55)(H3,52,54,59)/t29-,33+/m1/s1. The van der Waals surface area contributed by atoms with Crippen molar-refractivity contribution in [2.24, 2.45) is 27.4 Å². The lowest BCUT2D eigenvalue weighted by Gasteiger charge is -2.19. The van der Waals surface area contributed by atoms with Crippen LogP contribution in [0.15, 0.2) is 14.9 Å². The molecular formula is C48H69N11O10S. The van der Waals surface area contributed by atoms with E-state index in [1.807, 2.05) is 34.6 Å². The van der Waals surface area contributed by atoms with Crippen molar-refractivity contribution in [2.75, 3.05) is 38.3 Å². The van der Waals surface area contributed by atoms with Crippen LogP contribution in [0.3, 0.4) is 0 Å². The topological polar surface area (TPSA) is 341 Å². The molecule has 22 heteroatoms. The molecule has 12 N–H and O–H groups in total. The van der Waals surface area contributed by atoms with Crippen LogP contribution >= 0.6 is 0 Å². The van der Waals surface area contributed by atoms with Gasteiger partial charge in [0.15, 0.2) is 40.5 Å². The summed E-state index contributed by atoms with van der Waals surface area (Å²) >= 11 is 0. The van der Waals surface area contributed by atoms with Gasteiger partial charge in [-0.3, -0.25) is 24.2 Å². The summed E-state index contributed by atoms with van der Waals surface area (Å²) in [5.41, 5.74) is 31.0. The Balaban J connectivity index is 1.15. The Bertz CT molecular complexity index is 2750. The van der Waals surface area contributed by atoms with Gasteiger partial charge in [0.25, 0.3) is 15.9 Å². The third kappa shape index (κ3) is 12.2. The Kier molecular flexibility index (Phi) is 16.8. The molecule has 0 bridgehead atoms. The highest BCUT2D eigenvalue weighted by Crippen LogP contribution is 2.44. The van der Waals surface area contributed by atoms with Gasteiger partial charge in [-0.05, 0) is 134 Å². The lowest BCUT2D eigenvalue weighted by atomic mass is 9.89. The van der Waals surface area contributed by atoms with E-state index in [1.165, 1.54) is 5.56 Å². The average molecular weight is 992 g/mol. The first-order chi connectivity index (χ1) is 32.6. The SMILES string of the molecule is COC(=O)[C@H](CCCN=C(N)NS(=O)(=O)c1c(C)c(C)c2c(c1C)CC(C)(C)O2)CC(=O)c1nc(N)c(C(=O)N[C@@H](CCCNC(N)=NCc2c(C)c(C)c3c(c2C)CC(C)(C)O3)C(=O)CO)nc1N. The normalized spacial score (nSPS) is 15.8. The monoisotopic (exact) mass is 991 g/mol. The van der Waals surface area contributed by atoms with Gasteiger partial charge in [0.1, 0.15) is 29.3 Å². The predicted octanol–water partition coefficient (Wildman–Crippen LogP) is 2.90. The molecule has 2 atom stereocenters. The number of nitrogens with zero attached hydrogens (tertiary/aromatic N) is 4. The number of anilines is 2. The molecule has 2 aliphatic rings. The van der Waals surface area contributed by atoms with E-state index in [4.69, 9.17) is 37.1 Å². The number of aliphatic hydroxyl groups excluding tert-OH is 1. The van der Waals surface area contributed by atoms with Gasteiger partial charge < -0.3 is 52.9 Å². The molecule has 0 spiro atoms. The Morgan fingerprint density at radius 1 is 0.786 bits per heavy atom. The molecule has 2 aliphatic heterocycles. The second kappa shape index (κ2) is 21.6. The molecule has 21 nitrogen and oxygen atoms in total. The molecule has 0 unspecified atom stereocenters. The fraction of sp³-hybridized carbons (Fsp3) is 0.542. The van der Waals surface area contributed by atoms with Crippen LogP contribution in [0.5, 0.6) is 11.5 Å². The first-order valence-corrected chi connectivity index (χ1v) is 24.6. The molecule has 70 heavy (non-hydrogen) atoms. The number of nitrogens with two attached hydrogens (primary N) is 4. The molecule has 0 radical (unpaired) electrons. The van der Waals surface area contributed by atoms with Gasteiger partial charge in [0.2, 0.25) is 5.96 Å². The minimum Gasteiger partial charge on any atom is -0.487 e. The lowest BCUT2D eigenvalue weighted by Crippen LogP contribution is -2.43. The van der Waals surface area contributed by atoms with Gasteiger partial charge in [-0.15, -0.1) is 0 Å². The number of methoxy groups -OCH3 is 1. The second-order valence-electron chi connectivity index (χ2n) is 19.2. The molecule has 3 heterocycles. The summed E-state index contributed by atoms with van der Waals surface area (Å²) in [5, 5.41) is 15.2. The second-order valence-corrected chi connectivity index (χ2v) is 20.8. The zero-order chi connectivity index (χ0) is 52.2. The highest BCUT2D eigenvalue weighted by atomic mass is 32.2. The molecule has 3 aromatic rings. The Labute approximate surface area is 409 Å². The maximum atomic E-state index is 13.6. The zero-order valence-electron chi connectivity index (χ0n) is 42.1. The summed E-state index contributed by atoms with van der Waals surface area (Å²) in [7, 11) is -2.99. The maximum Gasteiger partial charge on any atom is 0.309 e. The number of nitrogens with one attached hydrogen (secondary N) is 3. The number of amides is 1. The van der Waals surface area contributed by atoms with Gasteiger partial charge >= 0.3 is 5.97 Å². The Morgan fingerprint density at radius 2 is 1.36 bits per heavy atom. The number of aromatic nitrogens is 2. The molecule has 0 saturated carbocycles. The Hall–Kier alpha value is -6.55. The molecule has 382 valence electrons. The number of sulfonamides is 1. The molecular weight excluding hydrogens is 923 g/mol. The molecule has 1 amide bonds. The predicted molar refractivity (Wildman–Crippen MR) is 265 cm³/mol. The minimum absolute atomic E-state index is 0.0124. The number of rotatable bonds is 20. The van der Waals surface area contributed by atoms with Crippen molar-refractivity contribution in [1.29, 1.82) is 0 Å². The number of nitrogen functional groups attached to an aromatic ring is 2. The average Bonchev–Trinajstić information content (AvgIpc) is 3.81. The van der Waals surface area contributed by atoms with Crippen molar-refractivity contribution in [3.05, 3.63) is 61.5 Å². The van der Waals surface area contributed by atoms with Crippen molar-refractivity contribution in [1.82, 2.24) is 25.3 Å². The summed E-state index contributed by atoms with van der Waals surface area (Å²) in [6.45, 7) is 19.2. The van der Waals surface area contributed by atoms with Crippen LogP contribution in [-0.4, -0.2) is 103 Å². The first kappa shape index (κ1) is 54.4. The van der Waals surface area contributed by atoms with Gasteiger partial charge in [-0.2, -0.15) is 0 Å². The number of aliphatic imine (C=N–C) groups is 2. The van der Waals surface area contributed by atoms with E-state index in [0.29, 0.717) is 36.3 Å². The number of hydrogen-bond donors (Lipinski definition) is 8. The third-order valence-corrected chi connectivity index (χ3v) is 14.6. The van der Waals surface area contributed by atoms with E-state index >= 15 is 0 Å². The molecule has 2 aromatic carbocycles. The summed E-state index contributed by atoms with van der Waals surface area (Å²) in [6, 6.07) is -1.15. The number of fused-ring (bicyclic) bond motifs is 2. The number of benzene rings is 2. The molecule has 0 aliphatic carbocycles. The van der Waals surface area contributed by atoms with Gasteiger partial charge in [-0.1, -0.05) is 0 Å². The molecule has 5 rings (SSSR count). The van der Waals surface area contributed by atoms with E-state index in [0.717, 1.165) is 52.7 Å². The number of carbonyl (C=O) groups excluding carboxylic acids is 4. The van der Waals surface area contributed by atoms with Crippen molar-refractivity contribution < 1.29 is 46.9 Å². The number of guanidine groups is 2. The number of carbonyl (C=O) groups is 4. The highest BCUT2D eigenvalue weighted by molar-refractivity contribution is 7.90. The highest BCUT2D eigenvalue weighted by Gasteiger charge is 2.38. The number of esters is 1. The Morgan fingerprint density at radius 3 is 1.96 bits per heavy atom. The van der Waals surface area contributed by atoms with Crippen LogP contribution in [-0.2, 0) is 43.7 Å². The smallest absolute Gasteiger partial charge is 0.309 e. The van der Waals surface area contributed by atoms with Gasteiger partial charge in [-0.25, -0.2) is 28.1 Å². The van der Waals surface area contributed by atoms with Crippen LogP contribution in [0.2, 0.25) is 0 Å². The number of hydrogen-bond acceptors (Lipinski definition) is 16. The van der Waals surface area contributed by atoms with Crippen molar-refractivity contribution in [3.8, 4) is 11.5 Å². The van der Waals surface area contributed by atoms with Gasteiger partial charge in [0.05, 0.1) is 30.5 Å². The number of ketones is 2. The van der Waals surface area contributed by atoms with E-state index < -0.39 is 87.1 Å². The minimum atomic E-state index is -4.15. The summed E-state index contributed by atoms with van der Waals surface area (Å²) in [6.07, 6.45) is 1.58. The summed E-state index contributed by atoms with van der Waals surface area (Å²) in [5.74, 6) is -3.54. The van der Waals surface area contributed by atoms with Crippen molar-refractivity contribution >= 4 is 57.0 Å². The number of aliphatic hydroxyl groups is 1. The largest absolute Gasteiger partial charge is 0.487 e. The van der Waals surface area contributed by atoms with Crippen LogP contribution in [0, 0.1) is 47.5 Å². The van der Waals surface area contributed by atoms with Gasteiger partial charge in [0, 0.05) is 43.5 Å². The zero-order valence-corrected chi connectivity index (χ0v) is 42.9.